The van der Waals surface area contributed by atoms with Crippen molar-refractivity contribution < 1.29 is 9.84 Å². The van der Waals surface area contributed by atoms with E-state index in [1.807, 2.05) is 18.2 Å². The lowest BCUT2D eigenvalue weighted by Crippen LogP contribution is -1.87. The lowest BCUT2D eigenvalue weighted by Gasteiger charge is -2.11. The van der Waals surface area contributed by atoms with E-state index in [1.165, 1.54) is 6.07 Å². The molecule has 0 spiro atoms. The molecule has 0 fully saturated rings. The van der Waals surface area contributed by atoms with Crippen molar-refractivity contribution in [2.24, 2.45) is 0 Å². The average Bonchev–Trinajstić information content (AvgIpc) is 2.31. The minimum Gasteiger partial charge on any atom is -0.504 e. The summed E-state index contributed by atoms with van der Waals surface area (Å²) < 4.78 is 5.55. The molecule has 0 aliphatic heterocycles. The number of hydrogen-bond acceptors (Lipinski definition) is 4. The number of rotatable bonds is 2. The van der Waals surface area contributed by atoms with Gasteiger partial charge in [-0.05, 0) is 24.3 Å². The maximum absolute atomic E-state index is 9.67. The Bertz CT molecular complexity index is 498. The minimum absolute atomic E-state index is 0.0478. The van der Waals surface area contributed by atoms with Gasteiger partial charge in [-0.2, -0.15) is 0 Å². The van der Waals surface area contributed by atoms with Crippen molar-refractivity contribution >= 4 is 25.3 Å². The third kappa shape index (κ3) is 2.28. The highest BCUT2D eigenvalue weighted by Gasteiger charge is 2.10. The van der Waals surface area contributed by atoms with E-state index in [4.69, 9.17) is 4.74 Å². The summed E-state index contributed by atoms with van der Waals surface area (Å²) in [5.41, 5.74) is 0. The molecule has 0 bridgehead atoms. The Morgan fingerprint density at radius 2 is 1.62 bits per heavy atom. The SMILES string of the molecule is Oc1ccc(S)c(S)c1Oc1ccccc1. The molecule has 82 valence electrons. The maximum Gasteiger partial charge on any atom is 0.183 e. The number of aromatic hydroxyl groups is 1. The van der Waals surface area contributed by atoms with Crippen molar-refractivity contribution in [2.45, 2.75) is 9.79 Å². The highest BCUT2D eigenvalue weighted by atomic mass is 32.1. The first-order valence-corrected chi connectivity index (χ1v) is 5.54. The van der Waals surface area contributed by atoms with E-state index in [0.29, 0.717) is 21.3 Å². The third-order valence-electron chi connectivity index (χ3n) is 2.05. The molecule has 2 aromatic rings. The Hall–Kier alpha value is -1.26. The fourth-order valence-corrected chi connectivity index (χ4v) is 1.67. The van der Waals surface area contributed by atoms with Gasteiger partial charge in [-0.15, -0.1) is 25.3 Å². The number of thiol groups is 2. The van der Waals surface area contributed by atoms with Crippen molar-refractivity contribution in [2.75, 3.05) is 0 Å². The molecule has 2 aromatic carbocycles. The van der Waals surface area contributed by atoms with Crippen LogP contribution in [0.5, 0.6) is 17.2 Å². The fourth-order valence-electron chi connectivity index (χ4n) is 1.26. The van der Waals surface area contributed by atoms with Gasteiger partial charge in [0, 0.05) is 4.90 Å². The van der Waals surface area contributed by atoms with Crippen LogP contribution in [0.3, 0.4) is 0 Å². The lowest BCUT2D eigenvalue weighted by atomic mass is 10.3. The summed E-state index contributed by atoms with van der Waals surface area (Å²) in [6.45, 7) is 0. The quantitative estimate of drug-likeness (QED) is 0.708. The van der Waals surface area contributed by atoms with E-state index in [1.54, 1.807) is 18.2 Å². The van der Waals surface area contributed by atoms with E-state index in [0.717, 1.165) is 0 Å². The molecule has 0 saturated heterocycles. The predicted molar refractivity (Wildman–Crippen MR) is 69.1 cm³/mol. The Morgan fingerprint density at radius 3 is 2.31 bits per heavy atom. The van der Waals surface area contributed by atoms with Crippen LogP contribution < -0.4 is 4.74 Å². The Morgan fingerprint density at radius 1 is 0.938 bits per heavy atom. The van der Waals surface area contributed by atoms with Crippen LogP contribution in [0.1, 0.15) is 0 Å². The molecule has 16 heavy (non-hydrogen) atoms. The molecule has 0 unspecified atom stereocenters. The van der Waals surface area contributed by atoms with Crippen LogP contribution in [0.25, 0.3) is 0 Å². The highest BCUT2D eigenvalue weighted by molar-refractivity contribution is 7.83. The first-order valence-electron chi connectivity index (χ1n) is 4.65. The second-order valence-electron chi connectivity index (χ2n) is 3.20. The highest BCUT2D eigenvalue weighted by Crippen LogP contribution is 2.39. The van der Waals surface area contributed by atoms with Crippen LogP contribution in [0.4, 0.5) is 0 Å². The van der Waals surface area contributed by atoms with Crippen molar-refractivity contribution in [3.05, 3.63) is 42.5 Å². The smallest absolute Gasteiger partial charge is 0.183 e. The van der Waals surface area contributed by atoms with Gasteiger partial charge in [-0.3, -0.25) is 0 Å². The second-order valence-corrected chi connectivity index (χ2v) is 4.13. The van der Waals surface area contributed by atoms with Crippen LogP contribution in [0.15, 0.2) is 52.3 Å². The monoisotopic (exact) mass is 250 g/mol. The molecule has 0 aliphatic carbocycles. The second kappa shape index (κ2) is 4.72. The van der Waals surface area contributed by atoms with Gasteiger partial charge in [0.05, 0.1) is 4.90 Å². The van der Waals surface area contributed by atoms with Crippen molar-refractivity contribution in [1.82, 2.24) is 0 Å². The van der Waals surface area contributed by atoms with Gasteiger partial charge in [-0.1, -0.05) is 18.2 Å². The van der Waals surface area contributed by atoms with Crippen molar-refractivity contribution in [3.8, 4) is 17.2 Å². The predicted octanol–water partition coefficient (Wildman–Crippen LogP) is 3.76. The van der Waals surface area contributed by atoms with Gasteiger partial charge < -0.3 is 9.84 Å². The molecular formula is C12H10O2S2. The Balaban J connectivity index is 2.38. The van der Waals surface area contributed by atoms with Gasteiger partial charge in [0.25, 0.3) is 0 Å². The van der Waals surface area contributed by atoms with Gasteiger partial charge in [0.2, 0.25) is 0 Å². The summed E-state index contributed by atoms with van der Waals surface area (Å²) in [6, 6.07) is 12.4. The molecule has 2 nitrogen and oxygen atoms in total. The zero-order chi connectivity index (χ0) is 11.5. The molecule has 0 heterocycles. The van der Waals surface area contributed by atoms with E-state index >= 15 is 0 Å². The summed E-state index contributed by atoms with van der Waals surface area (Å²) in [5, 5.41) is 9.67. The van der Waals surface area contributed by atoms with Gasteiger partial charge >= 0.3 is 0 Å². The van der Waals surface area contributed by atoms with Crippen LogP contribution in [0, 0.1) is 0 Å². The molecule has 0 aromatic heterocycles. The molecule has 4 heteroatoms. The van der Waals surface area contributed by atoms with Crippen molar-refractivity contribution in [3.63, 3.8) is 0 Å². The lowest BCUT2D eigenvalue weighted by molar-refractivity contribution is 0.401. The summed E-state index contributed by atoms with van der Waals surface area (Å²) in [6.07, 6.45) is 0. The number of para-hydroxylation sites is 1. The van der Waals surface area contributed by atoms with Crippen LogP contribution in [-0.2, 0) is 0 Å². The fraction of sp³-hybridized carbons (Fsp3) is 0. The summed E-state index contributed by atoms with van der Waals surface area (Å²) in [4.78, 5) is 1.18. The first kappa shape index (κ1) is 11.2. The van der Waals surface area contributed by atoms with E-state index in [-0.39, 0.29) is 5.75 Å². The van der Waals surface area contributed by atoms with Crippen molar-refractivity contribution in [1.29, 1.82) is 0 Å². The summed E-state index contributed by atoms with van der Waals surface area (Å²) >= 11 is 8.46. The first-order chi connectivity index (χ1) is 7.68. The molecule has 0 amide bonds. The molecule has 0 radical (unpaired) electrons. The molecule has 0 atom stereocenters. The normalized spacial score (nSPS) is 10.1. The van der Waals surface area contributed by atoms with Gasteiger partial charge in [-0.25, -0.2) is 0 Å². The zero-order valence-corrected chi connectivity index (χ0v) is 10.1. The Kier molecular flexibility index (Phi) is 3.31. The third-order valence-corrected chi connectivity index (χ3v) is 3.05. The Labute approximate surface area is 105 Å². The van der Waals surface area contributed by atoms with Crippen LogP contribution >= 0.6 is 25.3 Å². The molecule has 2 rings (SSSR count). The summed E-state index contributed by atoms with van der Waals surface area (Å²) in [7, 11) is 0. The topological polar surface area (TPSA) is 29.5 Å². The number of phenolic OH excluding ortho intramolecular Hbond substituents is 1. The largest absolute Gasteiger partial charge is 0.504 e. The van der Waals surface area contributed by atoms with Gasteiger partial charge in [0.1, 0.15) is 5.75 Å². The number of hydrogen-bond donors (Lipinski definition) is 3. The molecule has 0 aliphatic rings. The molecular weight excluding hydrogens is 240 g/mol. The van der Waals surface area contributed by atoms with E-state index < -0.39 is 0 Å². The number of ether oxygens (including phenoxy) is 1. The standard InChI is InChI=1S/C12H10O2S2/c13-9-6-7-10(15)12(16)11(9)14-8-4-2-1-3-5-8/h1-7,13,15-16H. The number of phenols is 1. The van der Waals surface area contributed by atoms with E-state index in [2.05, 4.69) is 25.3 Å². The van der Waals surface area contributed by atoms with E-state index in [9.17, 15) is 5.11 Å². The summed E-state index contributed by atoms with van der Waals surface area (Å²) in [5.74, 6) is 1.01. The minimum atomic E-state index is 0.0478. The number of benzene rings is 2. The maximum atomic E-state index is 9.67. The molecule has 0 saturated carbocycles. The van der Waals surface area contributed by atoms with Gasteiger partial charge in [0.15, 0.2) is 11.5 Å². The van der Waals surface area contributed by atoms with Crippen LogP contribution in [-0.4, -0.2) is 5.11 Å². The van der Waals surface area contributed by atoms with Crippen LogP contribution in [0.2, 0.25) is 0 Å². The molecule has 1 N–H and O–H groups in total. The average molecular weight is 250 g/mol. The zero-order valence-electron chi connectivity index (χ0n) is 8.29.